The molecule has 0 aliphatic carbocycles. The van der Waals surface area contributed by atoms with E-state index < -0.39 is 29.6 Å². The van der Waals surface area contributed by atoms with E-state index in [4.69, 9.17) is 18.6 Å². The van der Waals surface area contributed by atoms with Crippen molar-refractivity contribution in [2.75, 3.05) is 5.32 Å². The van der Waals surface area contributed by atoms with Gasteiger partial charge in [0.1, 0.15) is 35.6 Å². The van der Waals surface area contributed by atoms with Crippen LogP contribution in [0.2, 0.25) is 0 Å². The Kier molecular flexibility index (Phi) is 6.18. The van der Waals surface area contributed by atoms with Gasteiger partial charge in [-0.15, -0.1) is 0 Å². The largest absolute Gasteiger partial charge is 0.469 e. The van der Waals surface area contributed by atoms with Crippen LogP contribution in [-0.4, -0.2) is 34.1 Å². The molecule has 5 heterocycles. The van der Waals surface area contributed by atoms with E-state index in [9.17, 15) is 14.9 Å². The molecule has 0 radical (unpaired) electrons. The topological polar surface area (TPSA) is 155 Å². The Balaban J connectivity index is 1.51. The summed E-state index contributed by atoms with van der Waals surface area (Å²) in [6, 6.07) is 13.8. The number of nitriles is 1. The zero-order chi connectivity index (χ0) is 30.7. The highest BCUT2D eigenvalue weighted by Crippen LogP contribution is 2.59. The number of ether oxygens (including phenoxy) is 1. The average molecular weight is 589 g/mol. The van der Waals surface area contributed by atoms with Crippen LogP contribution in [0.25, 0.3) is 11.6 Å². The quantitative estimate of drug-likeness (QED) is 0.232. The number of benzene rings is 2. The van der Waals surface area contributed by atoms with Crippen molar-refractivity contribution < 1.29 is 23.2 Å². The second kappa shape index (κ2) is 9.98. The summed E-state index contributed by atoms with van der Waals surface area (Å²) < 4.78 is 19.0. The van der Waals surface area contributed by atoms with Gasteiger partial charge in [0.2, 0.25) is 23.6 Å². The number of hydrogen-bond acceptors (Lipinski definition) is 9. The summed E-state index contributed by atoms with van der Waals surface area (Å²) in [5, 5.41) is 18.8. The summed E-state index contributed by atoms with van der Waals surface area (Å²) in [4.78, 5) is 35.8. The lowest BCUT2D eigenvalue weighted by atomic mass is 9.72. The highest BCUT2D eigenvalue weighted by Gasteiger charge is 2.61. The summed E-state index contributed by atoms with van der Waals surface area (Å²) in [7, 11) is 0. The van der Waals surface area contributed by atoms with Crippen molar-refractivity contribution in [2.24, 2.45) is 0 Å². The van der Waals surface area contributed by atoms with Gasteiger partial charge in [0.05, 0.1) is 0 Å². The fourth-order valence-corrected chi connectivity index (χ4v) is 6.22. The second-order valence-corrected chi connectivity index (χ2v) is 11.5. The van der Waals surface area contributed by atoms with Gasteiger partial charge in [-0.1, -0.05) is 42.5 Å². The highest BCUT2D eigenvalue weighted by atomic mass is 16.5. The molecule has 2 amide bonds. The molecular weight excluding hydrogens is 560 g/mol. The van der Waals surface area contributed by atoms with Gasteiger partial charge < -0.3 is 29.5 Å². The maximum Gasteiger partial charge on any atom is 0.250 e. The van der Waals surface area contributed by atoms with E-state index in [1.165, 1.54) is 12.3 Å². The summed E-state index contributed by atoms with van der Waals surface area (Å²) in [5.41, 5.74) is 3.98. The van der Waals surface area contributed by atoms with Gasteiger partial charge in [0.25, 0.3) is 0 Å². The number of carbonyl (C=O) groups is 2. The molecule has 44 heavy (non-hydrogen) atoms. The number of nitrogens with one attached hydrogen (secondary N) is 3. The average Bonchev–Trinajstić information content (AvgIpc) is 3.75. The second-order valence-electron chi connectivity index (χ2n) is 11.5. The molecule has 2 aromatic carbocycles. The molecule has 7 rings (SSSR count). The van der Waals surface area contributed by atoms with E-state index in [1.54, 1.807) is 6.92 Å². The van der Waals surface area contributed by atoms with Crippen LogP contribution in [0.4, 0.5) is 5.69 Å². The molecule has 1 spiro atoms. The SMILES string of the molecule is C=C(C)C1NC(=O)[C@@H](NC(=O)C=C(C)C)Cc2ccc3c(c2)C2(c4ccccc4NC2O3)c2oc1nc2-c1nc(C#N)co1. The third-order valence-corrected chi connectivity index (χ3v) is 8.09. The number of nitrogens with zero attached hydrogens (tertiary/aromatic N) is 3. The number of allylic oxidation sites excluding steroid dienone is 1. The lowest BCUT2D eigenvalue weighted by molar-refractivity contribution is -0.127. The highest BCUT2D eigenvalue weighted by molar-refractivity contribution is 5.93. The Morgan fingerprint density at radius 2 is 1.98 bits per heavy atom. The Morgan fingerprint density at radius 3 is 2.73 bits per heavy atom. The van der Waals surface area contributed by atoms with Crippen LogP contribution in [0, 0.1) is 11.3 Å². The van der Waals surface area contributed by atoms with E-state index in [1.807, 2.05) is 62.4 Å². The molecule has 4 aromatic rings. The van der Waals surface area contributed by atoms with Crippen LogP contribution in [0.5, 0.6) is 5.75 Å². The first-order valence-electron chi connectivity index (χ1n) is 14.1. The van der Waals surface area contributed by atoms with E-state index >= 15 is 0 Å². The number of aromatic nitrogens is 2. The minimum absolute atomic E-state index is 0.0810. The van der Waals surface area contributed by atoms with Gasteiger partial charge in [0.15, 0.2) is 23.4 Å². The molecule has 4 atom stereocenters. The van der Waals surface area contributed by atoms with Crippen molar-refractivity contribution in [3.05, 3.63) is 107 Å². The van der Waals surface area contributed by atoms with Crippen molar-refractivity contribution in [3.63, 3.8) is 0 Å². The molecule has 11 heteroatoms. The van der Waals surface area contributed by atoms with Crippen molar-refractivity contribution in [1.29, 1.82) is 5.26 Å². The van der Waals surface area contributed by atoms with Gasteiger partial charge in [0, 0.05) is 23.7 Å². The fraction of sp³-hybridized carbons (Fsp3) is 0.242. The standard InChI is InChI=1S/C33H28N6O5/c1-16(2)11-25(40)36-23-13-18-9-10-24-21(12-18)33(20-7-5-6-8-22(20)37-32(33)43-24)28-27(30-35-19(14-34)15-42-30)39-31(44-28)26(17(3)4)38-29(23)41/h5-12,15,23,26,32,37H,3,13H2,1-2,4H3,(H,36,40)(H,38,41)/t23-,26?,32?,33?/m0/s1. The van der Waals surface area contributed by atoms with Crippen molar-refractivity contribution in [1.82, 2.24) is 20.6 Å². The van der Waals surface area contributed by atoms with E-state index in [0.717, 1.165) is 28.0 Å². The lowest BCUT2D eigenvalue weighted by Gasteiger charge is -2.28. The molecule has 220 valence electrons. The predicted octanol–water partition coefficient (Wildman–Crippen LogP) is 4.42. The minimum Gasteiger partial charge on any atom is -0.469 e. The van der Waals surface area contributed by atoms with Crippen LogP contribution >= 0.6 is 0 Å². The Morgan fingerprint density at radius 1 is 1.16 bits per heavy atom. The molecule has 0 saturated carbocycles. The number of fused-ring (bicyclic) bond motifs is 4. The number of amides is 2. The van der Waals surface area contributed by atoms with Crippen LogP contribution < -0.4 is 20.7 Å². The van der Waals surface area contributed by atoms with Crippen LogP contribution in [0.15, 0.2) is 81.4 Å². The maximum absolute atomic E-state index is 13.8. The van der Waals surface area contributed by atoms with E-state index in [2.05, 4.69) is 27.5 Å². The third kappa shape index (κ3) is 4.10. The van der Waals surface area contributed by atoms with Gasteiger partial charge in [-0.25, -0.2) is 4.98 Å². The monoisotopic (exact) mass is 588 g/mol. The smallest absolute Gasteiger partial charge is 0.250 e. The zero-order valence-corrected chi connectivity index (χ0v) is 24.2. The normalized spacial score (nSPS) is 22.5. The van der Waals surface area contributed by atoms with Gasteiger partial charge in [-0.2, -0.15) is 10.2 Å². The maximum atomic E-state index is 13.8. The lowest BCUT2D eigenvalue weighted by Crippen LogP contribution is -2.48. The number of hydrogen-bond donors (Lipinski definition) is 3. The molecule has 0 saturated heterocycles. The van der Waals surface area contributed by atoms with Crippen molar-refractivity contribution >= 4 is 17.5 Å². The number of oxazole rings is 2. The number of rotatable bonds is 4. The molecule has 3 aliphatic rings. The zero-order valence-electron chi connectivity index (χ0n) is 24.2. The molecule has 3 N–H and O–H groups in total. The fourth-order valence-electron chi connectivity index (χ4n) is 6.22. The molecule has 3 aliphatic heterocycles. The summed E-state index contributed by atoms with van der Waals surface area (Å²) in [6.45, 7) is 9.48. The summed E-state index contributed by atoms with van der Waals surface area (Å²) >= 11 is 0. The van der Waals surface area contributed by atoms with Crippen LogP contribution in [0.1, 0.15) is 60.8 Å². The Bertz CT molecular complexity index is 1940. The first-order valence-corrected chi connectivity index (χ1v) is 14.1. The number of carbonyl (C=O) groups excluding carboxylic acids is 2. The molecule has 2 aromatic heterocycles. The van der Waals surface area contributed by atoms with Crippen LogP contribution in [0.3, 0.4) is 0 Å². The molecular formula is C33H28N6O5. The van der Waals surface area contributed by atoms with Gasteiger partial charge in [-0.3, -0.25) is 9.59 Å². The molecule has 4 bridgehead atoms. The molecule has 3 unspecified atom stereocenters. The van der Waals surface area contributed by atoms with Gasteiger partial charge in [-0.05, 0) is 49.6 Å². The molecule has 0 fully saturated rings. The summed E-state index contributed by atoms with van der Waals surface area (Å²) in [5.74, 6) is 0.420. The van der Waals surface area contributed by atoms with Gasteiger partial charge >= 0.3 is 0 Å². The van der Waals surface area contributed by atoms with E-state index in [-0.39, 0.29) is 35.5 Å². The predicted molar refractivity (Wildman–Crippen MR) is 158 cm³/mol. The van der Waals surface area contributed by atoms with Crippen molar-refractivity contribution in [3.8, 4) is 23.4 Å². The third-order valence-electron chi connectivity index (χ3n) is 8.09. The Labute approximate surface area is 252 Å². The van der Waals surface area contributed by atoms with E-state index in [0.29, 0.717) is 17.1 Å². The molecule has 11 nitrogen and oxygen atoms in total. The number of anilines is 1. The minimum atomic E-state index is -1.05. The number of para-hydroxylation sites is 1. The Hall–Kier alpha value is -5.63. The first-order chi connectivity index (χ1) is 21.2. The van der Waals surface area contributed by atoms with Crippen LogP contribution in [-0.2, 0) is 21.4 Å². The van der Waals surface area contributed by atoms with Crippen molar-refractivity contribution in [2.45, 2.75) is 50.9 Å². The first kappa shape index (κ1) is 27.2. The summed E-state index contributed by atoms with van der Waals surface area (Å²) in [6.07, 6.45) is 2.30.